The normalized spacial score (nSPS) is 15.2. The molecule has 3 nitrogen and oxygen atoms in total. The molecular formula is C16H26N2O. The van der Waals surface area contributed by atoms with Crippen LogP contribution in [-0.4, -0.2) is 37.7 Å². The molecule has 0 aromatic heterocycles. The van der Waals surface area contributed by atoms with Crippen molar-refractivity contribution < 1.29 is 4.74 Å². The van der Waals surface area contributed by atoms with Crippen LogP contribution in [0.15, 0.2) is 18.2 Å². The lowest BCUT2D eigenvalue weighted by Crippen LogP contribution is -2.47. The summed E-state index contributed by atoms with van der Waals surface area (Å²) in [5.74, 6) is 1.08. The van der Waals surface area contributed by atoms with Gasteiger partial charge in [0.25, 0.3) is 0 Å². The van der Waals surface area contributed by atoms with Crippen molar-refractivity contribution in [1.82, 2.24) is 10.2 Å². The molecule has 3 heteroatoms. The molecule has 0 fully saturated rings. The lowest BCUT2D eigenvalue weighted by molar-refractivity contribution is 0.147. The summed E-state index contributed by atoms with van der Waals surface area (Å²) in [5, 5.41) is 3.26. The van der Waals surface area contributed by atoms with Gasteiger partial charge < -0.3 is 10.1 Å². The Morgan fingerprint density at radius 3 is 2.89 bits per heavy atom. The van der Waals surface area contributed by atoms with Crippen molar-refractivity contribution in [2.75, 3.05) is 27.2 Å². The van der Waals surface area contributed by atoms with Crippen molar-refractivity contribution in [3.8, 4) is 5.75 Å². The zero-order valence-corrected chi connectivity index (χ0v) is 12.6. The van der Waals surface area contributed by atoms with E-state index < -0.39 is 0 Å². The van der Waals surface area contributed by atoms with Crippen molar-refractivity contribution >= 4 is 0 Å². The van der Waals surface area contributed by atoms with Gasteiger partial charge in [0.15, 0.2) is 0 Å². The third kappa shape index (κ3) is 3.48. The fourth-order valence-electron chi connectivity index (χ4n) is 2.57. The molecule has 0 spiro atoms. The molecule has 19 heavy (non-hydrogen) atoms. The summed E-state index contributed by atoms with van der Waals surface area (Å²) in [6, 6.07) is 6.62. The fraction of sp³-hybridized carbons (Fsp3) is 0.625. The van der Waals surface area contributed by atoms with E-state index in [1.54, 1.807) is 0 Å². The molecule has 1 aromatic carbocycles. The average molecular weight is 262 g/mol. The van der Waals surface area contributed by atoms with Gasteiger partial charge in [-0.1, -0.05) is 12.1 Å². The van der Waals surface area contributed by atoms with Crippen LogP contribution in [0.4, 0.5) is 0 Å². The molecule has 106 valence electrons. The Balaban J connectivity index is 2.07. The monoisotopic (exact) mass is 262 g/mol. The highest BCUT2D eigenvalue weighted by molar-refractivity contribution is 5.38. The van der Waals surface area contributed by atoms with Gasteiger partial charge in [0.2, 0.25) is 0 Å². The van der Waals surface area contributed by atoms with E-state index in [1.807, 2.05) is 7.05 Å². The Bertz CT molecular complexity index is 429. The molecule has 0 saturated carbocycles. The molecule has 0 saturated heterocycles. The number of hydrogen-bond donors (Lipinski definition) is 1. The Labute approximate surface area is 116 Å². The highest BCUT2D eigenvalue weighted by atomic mass is 16.5. The van der Waals surface area contributed by atoms with Crippen LogP contribution in [-0.2, 0) is 13.0 Å². The van der Waals surface area contributed by atoms with Gasteiger partial charge in [-0.3, -0.25) is 4.90 Å². The Kier molecular flexibility index (Phi) is 4.48. The van der Waals surface area contributed by atoms with Gasteiger partial charge in [0, 0.05) is 18.6 Å². The minimum Gasteiger partial charge on any atom is -0.493 e. The first-order valence-electron chi connectivity index (χ1n) is 7.13. The quantitative estimate of drug-likeness (QED) is 0.882. The number of fused-ring (bicyclic) bond motifs is 1. The second-order valence-electron chi connectivity index (χ2n) is 6.09. The highest BCUT2D eigenvalue weighted by Crippen LogP contribution is 2.26. The largest absolute Gasteiger partial charge is 0.493 e. The van der Waals surface area contributed by atoms with Crippen LogP contribution in [0.3, 0.4) is 0 Å². The number of likely N-dealkylation sites (N-methyl/N-ethyl adjacent to an activating group) is 2. The van der Waals surface area contributed by atoms with Gasteiger partial charge in [0.05, 0.1) is 6.61 Å². The van der Waals surface area contributed by atoms with Gasteiger partial charge in [-0.2, -0.15) is 0 Å². The molecule has 2 rings (SSSR count). The fourth-order valence-corrected chi connectivity index (χ4v) is 2.57. The molecule has 0 unspecified atom stereocenters. The van der Waals surface area contributed by atoms with E-state index in [0.29, 0.717) is 0 Å². The van der Waals surface area contributed by atoms with E-state index in [9.17, 15) is 0 Å². The van der Waals surface area contributed by atoms with Crippen LogP contribution in [0.25, 0.3) is 0 Å². The molecule has 1 aliphatic rings. The van der Waals surface area contributed by atoms with Crippen molar-refractivity contribution in [1.29, 1.82) is 0 Å². The molecular weight excluding hydrogens is 236 g/mol. The van der Waals surface area contributed by atoms with E-state index in [0.717, 1.165) is 38.3 Å². The summed E-state index contributed by atoms with van der Waals surface area (Å²) in [6.07, 6.45) is 2.28. The molecule has 0 bridgehead atoms. The van der Waals surface area contributed by atoms with Crippen LogP contribution in [0.2, 0.25) is 0 Å². The number of ether oxygens (including phenoxy) is 1. The number of benzene rings is 1. The number of nitrogens with one attached hydrogen (secondary N) is 1. The van der Waals surface area contributed by atoms with Crippen molar-refractivity contribution in [2.45, 2.75) is 38.8 Å². The van der Waals surface area contributed by atoms with Crippen molar-refractivity contribution in [2.24, 2.45) is 0 Å². The summed E-state index contributed by atoms with van der Waals surface area (Å²) < 4.78 is 5.67. The molecule has 1 N–H and O–H groups in total. The summed E-state index contributed by atoms with van der Waals surface area (Å²) in [6.45, 7) is 7.36. The lowest BCUT2D eigenvalue weighted by Gasteiger charge is -2.35. The second-order valence-corrected chi connectivity index (χ2v) is 6.09. The number of nitrogens with zero attached hydrogens (tertiary/aromatic N) is 1. The maximum Gasteiger partial charge on any atom is 0.122 e. The van der Waals surface area contributed by atoms with Crippen LogP contribution in [0.5, 0.6) is 5.75 Å². The molecule has 1 aliphatic heterocycles. The summed E-state index contributed by atoms with van der Waals surface area (Å²) in [5.41, 5.74) is 2.89. The molecule has 0 aliphatic carbocycles. The maximum atomic E-state index is 5.67. The van der Waals surface area contributed by atoms with Crippen molar-refractivity contribution in [3.05, 3.63) is 29.3 Å². The molecule has 1 heterocycles. The highest BCUT2D eigenvalue weighted by Gasteiger charge is 2.22. The third-order valence-corrected chi connectivity index (χ3v) is 4.04. The van der Waals surface area contributed by atoms with Crippen LogP contribution >= 0.6 is 0 Å². The number of aryl methyl sites for hydroxylation is 1. The minimum absolute atomic E-state index is 0.154. The van der Waals surface area contributed by atoms with E-state index in [4.69, 9.17) is 4.74 Å². The Morgan fingerprint density at radius 1 is 1.37 bits per heavy atom. The average Bonchev–Trinajstić information content (AvgIpc) is 2.38. The van der Waals surface area contributed by atoms with Gasteiger partial charge in [-0.25, -0.2) is 0 Å². The van der Waals surface area contributed by atoms with Crippen LogP contribution in [0.1, 0.15) is 31.4 Å². The van der Waals surface area contributed by atoms with Gasteiger partial charge >= 0.3 is 0 Å². The van der Waals surface area contributed by atoms with Crippen LogP contribution < -0.4 is 10.1 Å². The molecule has 1 aromatic rings. The first kappa shape index (κ1) is 14.4. The number of rotatable bonds is 5. The standard InChI is InChI=1S/C16H26N2O/c1-16(2,12-17-3)18(4)11-13-7-8-15-14(10-13)6-5-9-19-15/h7-8,10,17H,5-6,9,11-12H2,1-4H3. The molecule has 0 atom stereocenters. The summed E-state index contributed by atoms with van der Waals surface area (Å²) >= 11 is 0. The van der Waals surface area contributed by atoms with E-state index in [1.165, 1.54) is 11.1 Å². The summed E-state index contributed by atoms with van der Waals surface area (Å²) in [7, 11) is 4.19. The van der Waals surface area contributed by atoms with Crippen LogP contribution in [0, 0.1) is 0 Å². The lowest BCUT2D eigenvalue weighted by atomic mass is 10.00. The van der Waals surface area contributed by atoms with Gasteiger partial charge in [-0.15, -0.1) is 0 Å². The maximum absolute atomic E-state index is 5.67. The topological polar surface area (TPSA) is 24.5 Å². The molecule has 0 amide bonds. The number of hydrogen-bond acceptors (Lipinski definition) is 3. The predicted octanol–water partition coefficient (Wildman–Crippen LogP) is 2.44. The van der Waals surface area contributed by atoms with Gasteiger partial charge in [0.1, 0.15) is 5.75 Å². The second kappa shape index (κ2) is 5.93. The zero-order chi connectivity index (χ0) is 13.9. The summed E-state index contributed by atoms with van der Waals surface area (Å²) in [4.78, 5) is 2.40. The Hall–Kier alpha value is -1.06. The molecule has 0 radical (unpaired) electrons. The first-order valence-corrected chi connectivity index (χ1v) is 7.13. The van der Waals surface area contributed by atoms with Crippen molar-refractivity contribution in [3.63, 3.8) is 0 Å². The first-order chi connectivity index (χ1) is 9.03. The van der Waals surface area contributed by atoms with Gasteiger partial charge in [-0.05, 0) is 58.0 Å². The predicted molar refractivity (Wildman–Crippen MR) is 79.7 cm³/mol. The van der Waals surface area contributed by atoms with E-state index in [-0.39, 0.29) is 5.54 Å². The zero-order valence-electron chi connectivity index (χ0n) is 12.6. The minimum atomic E-state index is 0.154. The SMILES string of the molecule is CNCC(C)(C)N(C)Cc1ccc2c(c1)CCCO2. The Morgan fingerprint density at radius 2 is 2.16 bits per heavy atom. The van der Waals surface area contributed by atoms with E-state index >= 15 is 0 Å². The van der Waals surface area contributed by atoms with E-state index in [2.05, 4.69) is 49.3 Å². The smallest absolute Gasteiger partial charge is 0.122 e. The third-order valence-electron chi connectivity index (χ3n) is 4.04.